The summed E-state index contributed by atoms with van der Waals surface area (Å²) in [4.78, 5) is 0. The van der Waals surface area contributed by atoms with E-state index in [4.69, 9.17) is 0 Å². The molecule has 0 N–H and O–H groups in total. The van der Waals surface area contributed by atoms with Crippen LogP contribution < -0.4 is 0 Å². The van der Waals surface area contributed by atoms with Crippen molar-refractivity contribution in [1.29, 1.82) is 0 Å². The van der Waals surface area contributed by atoms with Crippen LogP contribution in [0.4, 0.5) is 0 Å². The second kappa shape index (κ2) is 7.56. The molecular formula is C15H22S. The summed E-state index contributed by atoms with van der Waals surface area (Å²) in [6.07, 6.45) is 4.50. The topological polar surface area (TPSA) is 0 Å². The number of rotatable bonds is 7. The zero-order valence-electron chi connectivity index (χ0n) is 10.4. The van der Waals surface area contributed by atoms with E-state index in [0.717, 1.165) is 0 Å². The summed E-state index contributed by atoms with van der Waals surface area (Å²) in [5, 5.41) is 0.711. The standard InChI is InChI=1S/C15H22S/c1-4-13(3)15(16-5-2)12-11-14-9-7-6-8-10-14/h4,6-10,13,15H,1,5,11-12H2,2-3H3. The first-order valence-electron chi connectivity index (χ1n) is 6.06. The van der Waals surface area contributed by atoms with Crippen LogP contribution in [-0.4, -0.2) is 11.0 Å². The van der Waals surface area contributed by atoms with Crippen LogP contribution in [0.25, 0.3) is 0 Å². The van der Waals surface area contributed by atoms with Gasteiger partial charge in [-0.2, -0.15) is 11.8 Å². The van der Waals surface area contributed by atoms with E-state index in [1.807, 2.05) is 0 Å². The predicted octanol–water partition coefficient (Wildman–Crippen LogP) is 4.56. The highest BCUT2D eigenvalue weighted by molar-refractivity contribution is 7.99. The molecule has 0 aromatic heterocycles. The summed E-state index contributed by atoms with van der Waals surface area (Å²) < 4.78 is 0. The molecule has 1 heteroatoms. The highest BCUT2D eigenvalue weighted by atomic mass is 32.2. The van der Waals surface area contributed by atoms with Gasteiger partial charge >= 0.3 is 0 Å². The minimum absolute atomic E-state index is 0.605. The van der Waals surface area contributed by atoms with Gasteiger partial charge in [0.15, 0.2) is 0 Å². The molecule has 0 amide bonds. The largest absolute Gasteiger partial charge is 0.158 e. The average molecular weight is 234 g/mol. The Labute approximate surface area is 104 Å². The van der Waals surface area contributed by atoms with Crippen LogP contribution in [0.15, 0.2) is 43.0 Å². The molecule has 0 aliphatic heterocycles. The fourth-order valence-corrected chi connectivity index (χ4v) is 2.94. The lowest BCUT2D eigenvalue weighted by Gasteiger charge is -2.20. The number of hydrogen-bond acceptors (Lipinski definition) is 1. The summed E-state index contributed by atoms with van der Waals surface area (Å²) in [6, 6.07) is 10.7. The van der Waals surface area contributed by atoms with Gasteiger partial charge in [-0.1, -0.05) is 50.3 Å². The zero-order chi connectivity index (χ0) is 11.8. The van der Waals surface area contributed by atoms with E-state index in [1.54, 1.807) is 0 Å². The van der Waals surface area contributed by atoms with Gasteiger partial charge in [-0.3, -0.25) is 0 Å². The summed E-state index contributed by atoms with van der Waals surface area (Å²) in [6.45, 7) is 8.41. The van der Waals surface area contributed by atoms with Crippen LogP contribution in [0.5, 0.6) is 0 Å². The molecule has 0 heterocycles. The Morgan fingerprint density at radius 3 is 2.56 bits per heavy atom. The molecule has 1 aromatic rings. The normalized spacial score (nSPS) is 14.4. The Bertz CT molecular complexity index is 292. The molecule has 0 aliphatic carbocycles. The monoisotopic (exact) mass is 234 g/mol. The molecule has 0 saturated heterocycles. The first-order chi connectivity index (χ1) is 7.77. The van der Waals surface area contributed by atoms with Gasteiger partial charge in [-0.25, -0.2) is 0 Å². The smallest absolute Gasteiger partial charge is 0.0110 e. The number of aryl methyl sites for hydroxylation is 1. The zero-order valence-corrected chi connectivity index (χ0v) is 11.2. The molecular weight excluding hydrogens is 212 g/mol. The molecule has 0 radical (unpaired) electrons. The first kappa shape index (κ1) is 13.4. The maximum atomic E-state index is 3.91. The second-order valence-electron chi connectivity index (χ2n) is 4.11. The highest BCUT2D eigenvalue weighted by Gasteiger charge is 2.13. The van der Waals surface area contributed by atoms with Crippen molar-refractivity contribution in [3.8, 4) is 0 Å². The maximum absolute atomic E-state index is 3.91. The molecule has 1 rings (SSSR count). The Morgan fingerprint density at radius 1 is 1.31 bits per heavy atom. The number of thioether (sulfide) groups is 1. The van der Waals surface area contributed by atoms with Crippen molar-refractivity contribution in [1.82, 2.24) is 0 Å². The Hall–Kier alpha value is -0.690. The maximum Gasteiger partial charge on any atom is 0.0110 e. The van der Waals surface area contributed by atoms with E-state index in [1.165, 1.54) is 24.2 Å². The van der Waals surface area contributed by atoms with Crippen molar-refractivity contribution in [2.24, 2.45) is 5.92 Å². The molecule has 2 atom stereocenters. The van der Waals surface area contributed by atoms with Crippen molar-refractivity contribution in [3.63, 3.8) is 0 Å². The van der Waals surface area contributed by atoms with Crippen LogP contribution in [0.2, 0.25) is 0 Å². The summed E-state index contributed by atoms with van der Waals surface area (Å²) in [5.41, 5.74) is 1.44. The van der Waals surface area contributed by atoms with E-state index in [-0.39, 0.29) is 0 Å². The summed E-state index contributed by atoms with van der Waals surface area (Å²) >= 11 is 2.06. The van der Waals surface area contributed by atoms with Crippen molar-refractivity contribution >= 4 is 11.8 Å². The molecule has 1 aromatic carbocycles. The van der Waals surface area contributed by atoms with Gasteiger partial charge < -0.3 is 0 Å². The SMILES string of the molecule is C=CC(C)C(CCc1ccccc1)SCC. The summed E-state index contributed by atoms with van der Waals surface area (Å²) in [7, 11) is 0. The minimum Gasteiger partial charge on any atom is -0.158 e. The molecule has 0 fully saturated rings. The van der Waals surface area contributed by atoms with E-state index in [0.29, 0.717) is 11.2 Å². The second-order valence-corrected chi connectivity index (χ2v) is 5.63. The van der Waals surface area contributed by atoms with Gasteiger partial charge in [0.2, 0.25) is 0 Å². The Balaban J connectivity index is 2.46. The fourth-order valence-electron chi connectivity index (χ4n) is 1.82. The average Bonchev–Trinajstić information content (AvgIpc) is 2.34. The van der Waals surface area contributed by atoms with Crippen LogP contribution >= 0.6 is 11.8 Å². The van der Waals surface area contributed by atoms with E-state index in [9.17, 15) is 0 Å². The van der Waals surface area contributed by atoms with E-state index < -0.39 is 0 Å². The third kappa shape index (κ3) is 4.44. The van der Waals surface area contributed by atoms with Crippen LogP contribution in [0.3, 0.4) is 0 Å². The first-order valence-corrected chi connectivity index (χ1v) is 7.10. The van der Waals surface area contributed by atoms with E-state index >= 15 is 0 Å². The van der Waals surface area contributed by atoms with Gasteiger partial charge in [0, 0.05) is 5.25 Å². The third-order valence-corrected chi connectivity index (χ3v) is 4.33. The number of allylic oxidation sites excluding steroid dienone is 1. The van der Waals surface area contributed by atoms with Crippen LogP contribution in [0, 0.1) is 5.92 Å². The molecule has 16 heavy (non-hydrogen) atoms. The number of benzene rings is 1. The van der Waals surface area contributed by atoms with Gasteiger partial charge in [-0.05, 0) is 30.1 Å². The third-order valence-electron chi connectivity index (χ3n) is 2.90. The van der Waals surface area contributed by atoms with Gasteiger partial charge in [0.1, 0.15) is 0 Å². The molecule has 88 valence electrons. The Kier molecular flexibility index (Phi) is 6.32. The quantitative estimate of drug-likeness (QED) is 0.623. The van der Waals surface area contributed by atoms with Gasteiger partial charge in [-0.15, -0.1) is 6.58 Å². The van der Waals surface area contributed by atoms with Crippen LogP contribution in [-0.2, 0) is 6.42 Å². The lowest BCUT2D eigenvalue weighted by Crippen LogP contribution is -2.13. The Morgan fingerprint density at radius 2 is 2.00 bits per heavy atom. The van der Waals surface area contributed by atoms with Crippen molar-refractivity contribution in [2.45, 2.75) is 31.9 Å². The fraction of sp³-hybridized carbons (Fsp3) is 0.467. The van der Waals surface area contributed by atoms with Gasteiger partial charge in [0.05, 0.1) is 0 Å². The predicted molar refractivity (Wildman–Crippen MR) is 76.0 cm³/mol. The van der Waals surface area contributed by atoms with Crippen molar-refractivity contribution < 1.29 is 0 Å². The van der Waals surface area contributed by atoms with Crippen molar-refractivity contribution in [2.75, 3.05) is 5.75 Å². The molecule has 0 saturated carbocycles. The number of hydrogen-bond donors (Lipinski definition) is 0. The van der Waals surface area contributed by atoms with Crippen LogP contribution in [0.1, 0.15) is 25.8 Å². The molecule has 2 unspecified atom stereocenters. The molecule has 0 aliphatic rings. The lowest BCUT2D eigenvalue weighted by atomic mass is 10.0. The van der Waals surface area contributed by atoms with E-state index in [2.05, 4.69) is 68.6 Å². The highest BCUT2D eigenvalue weighted by Crippen LogP contribution is 2.25. The molecule has 0 spiro atoms. The molecule has 0 nitrogen and oxygen atoms in total. The van der Waals surface area contributed by atoms with Gasteiger partial charge in [0.25, 0.3) is 0 Å². The summed E-state index contributed by atoms with van der Waals surface area (Å²) in [5.74, 6) is 1.80. The minimum atomic E-state index is 0.605. The molecule has 0 bridgehead atoms. The van der Waals surface area contributed by atoms with Crippen molar-refractivity contribution in [3.05, 3.63) is 48.6 Å². The lowest BCUT2D eigenvalue weighted by molar-refractivity contribution is 0.626.